The molecule has 0 spiro atoms. The van der Waals surface area contributed by atoms with Crippen LogP contribution in [0.25, 0.3) is 0 Å². The molecule has 194 valence electrons. The predicted octanol–water partition coefficient (Wildman–Crippen LogP) is 1.01. The van der Waals surface area contributed by atoms with Gasteiger partial charge in [0.05, 0.1) is 24.4 Å². The van der Waals surface area contributed by atoms with Gasteiger partial charge < -0.3 is 19.9 Å². The summed E-state index contributed by atoms with van der Waals surface area (Å²) >= 11 is 0. The van der Waals surface area contributed by atoms with Crippen molar-refractivity contribution in [2.45, 2.75) is 69.4 Å². The number of halogens is 1. The van der Waals surface area contributed by atoms with Crippen LogP contribution in [0.4, 0.5) is 10.1 Å². The lowest BCUT2D eigenvalue weighted by atomic mass is 9.87. The van der Waals surface area contributed by atoms with E-state index in [1.54, 1.807) is 12.1 Å². The van der Waals surface area contributed by atoms with Crippen molar-refractivity contribution in [3.05, 3.63) is 29.1 Å². The van der Waals surface area contributed by atoms with Crippen molar-refractivity contribution < 1.29 is 23.5 Å². The third kappa shape index (κ3) is 4.39. The first-order valence-electron chi connectivity index (χ1n) is 13.3. The smallest absolute Gasteiger partial charge is 0.255 e. The number of imide groups is 1. The highest BCUT2D eigenvalue weighted by molar-refractivity contribution is 6.05. The van der Waals surface area contributed by atoms with E-state index in [1.165, 1.54) is 4.90 Å². The van der Waals surface area contributed by atoms with Crippen LogP contribution in [0.2, 0.25) is 0 Å². The van der Waals surface area contributed by atoms with Gasteiger partial charge in [-0.2, -0.15) is 0 Å². The van der Waals surface area contributed by atoms with Crippen molar-refractivity contribution in [1.29, 1.82) is 0 Å². The molecule has 0 aromatic heterocycles. The molecule has 9 nitrogen and oxygen atoms in total. The summed E-state index contributed by atoms with van der Waals surface area (Å²) in [6, 6.07) is 3.19. The number of nitrogens with one attached hydrogen (secondary N) is 2. The van der Waals surface area contributed by atoms with E-state index < -0.39 is 11.9 Å². The third-order valence-corrected chi connectivity index (χ3v) is 8.54. The molecule has 36 heavy (non-hydrogen) atoms. The minimum absolute atomic E-state index is 0.0562. The van der Waals surface area contributed by atoms with Gasteiger partial charge in [0, 0.05) is 49.8 Å². The minimum Gasteiger partial charge on any atom is -0.375 e. The number of amides is 3. The maximum absolute atomic E-state index is 15.6. The Morgan fingerprint density at radius 2 is 1.69 bits per heavy atom. The Kier molecular flexibility index (Phi) is 6.43. The van der Waals surface area contributed by atoms with Crippen molar-refractivity contribution in [3.8, 4) is 0 Å². The number of nitrogens with zero attached hydrogens (tertiary/aromatic N) is 3. The molecule has 4 aliphatic heterocycles. The fourth-order valence-electron chi connectivity index (χ4n) is 6.31. The van der Waals surface area contributed by atoms with Gasteiger partial charge in [-0.3, -0.25) is 24.6 Å². The summed E-state index contributed by atoms with van der Waals surface area (Å²) in [5.74, 6) is -1.53. The van der Waals surface area contributed by atoms with Gasteiger partial charge in [-0.15, -0.1) is 0 Å². The van der Waals surface area contributed by atoms with Gasteiger partial charge in [0.15, 0.2) is 5.82 Å². The van der Waals surface area contributed by atoms with Crippen molar-refractivity contribution >= 4 is 23.4 Å². The summed E-state index contributed by atoms with van der Waals surface area (Å²) in [7, 11) is 0. The predicted molar refractivity (Wildman–Crippen MR) is 130 cm³/mol. The van der Waals surface area contributed by atoms with Crippen molar-refractivity contribution in [2.75, 3.05) is 44.2 Å². The number of carbonyl (C=O) groups excluding carboxylic acids is 3. The first-order valence-corrected chi connectivity index (χ1v) is 13.3. The highest BCUT2D eigenvalue weighted by Crippen LogP contribution is 2.35. The molecule has 5 aliphatic rings. The number of fused-ring (bicyclic) bond motifs is 1. The maximum Gasteiger partial charge on any atom is 0.255 e. The molecule has 1 saturated carbocycles. The van der Waals surface area contributed by atoms with Crippen LogP contribution in [0.15, 0.2) is 12.1 Å². The molecule has 1 atom stereocenters. The molecular formula is C26H34FN5O4. The van der Waals surface area contributed by atoms with Crippen LogP contribution in [-0.4, -0.2) is 91.1 Å². The zero-order chi connectivity index (χ0) is 24.8. The lowest BCUT2D eigenvalue weighted by Crippen LogP contribution is -2.56. The van der Waals surface area contributed by atoms with E-state index in [0.29, 0.717) is 35.1 Å². The van der Waals surface area contributed by atoms with Gasteiger partial charge in [0.1, 0.15) is 6.04 Å². The van der Waals surface area contributed by atoms with Crippen LogP contribution in [0.1, 0.15) is 54.4 Å². The number of piperazine rings is 1. The highest BCUT2D eigenvalue weighted by Gasteiger charge is 2.41. The molecule has 1 aromatic rings. The van der Waals surface area contributed by atoms with E-state index >= 15 is 4.39 Å². The van der Waals surface area contributed by atoms with Gasteiger partial charge in [-0.25, -0.2) is 4.39 Å². The van der Waals surface area contributed by atoms with E-state index in [9.17, 15) is 14.4 Å². The summed E-state index contributed by atoms with van der Waals surface area (Å²) in [4.78, 5) is 42.7. The fraction of sp³-hybridized carbons (Fsp3) is 0.654. The summed E-state index contributed by atoms with van der Waals surface area (Å²) in [5, 5.41) is 5.66. The Bertz CT molecular complexity index is 1050. The molecule has 6 rings (SSSR count). The summed E-state index contributed by atoms with van der Waals surface area (Å²) in [6.45, 7) is 5.37. The Morgan fingerprint density at radius 1 is 0.944 bits per heavy atom. The quantitative estimate of drug-likeness (QED) is 0.584. The minimum atomic E-state index is -0.737. The van der Waals surface area contributed by atoms with Gasteiger partial charge in [-0.1, -0.05) is 0 Å². The first-order chi connectivity index (χ1) is 17.5. The molecule has 0 bridgehead atoms. The summed E-state index contributed by atoms with van der Waals surface area (Å²) < 4.78 is 21.9. The van der Waals surface area contributed by atoms with Crippen LogP contribution in [0.5, 0.6) is 0 Å². The monoisotopic (exact) mass is 499 g/mol. The standard InChI is InChI=1S/C26H34FN5O4/c27-24-20-15-32(22-3-4-23(33)29-25(22)34)26(35)19(20)1-2-21(24)31-11-9-30(10-12-31)16-13-18(14-16)36-17-5-7-28-8-6-17/h1-2,16-18,22,28H,3-15H2,(H,29,33,34). The van der Waals surface area contributed by atoms with E-state index in [4.69, 9.17) is 4.74 Å². The Morgan fingerprint density at radius 3 is 2.42 bits per heavy atom. The zero-order valence-corrected chi connectivity index (χ0v) is 20.5. The van der Waals surface area contributed by atoms with Crippen LogP contribution < -0.4 is 15.5 Å². The average molecular weight is 500 g/mol. The molecule has 3 saturated heterocycles. The van der Waals surface area contributed by atoms with Gasteiger partial charge in [0.2, 0.25) is 11.8 Å². The number of piperidine rings is 2. The van der Waals surface area contributed by atoms with Gasteiger partial charge in [-0.05, 0) is 57.3 Å². The van der Waals surface area contributed by atoms with E-state index in [0.717, 1.165) is 65.0 Å². The van der Waals surface area contributed by atoms with Gasteiger partial charge in [0.25, 0.3) is 5.91 Å². The fourth-order valence-corrected chi connectivity index (χ4v) is 6.31. The summed E-state index contributed by atoms with van der Waals surface area (Å²) in [5.41, 5.74) is 1.18. The lowest BCUT2D eigenvalue weighted by molar-refractivity contribution is -0.136. The Hall–Kier alpha value is -2.56. The molecular weight excluding hydrogens is 465 g/mol. The molecule has 0 radical (unpaired) electrons. The highest BCUT2D eigenvalue weighted by atomic mass is 19.1. The van der Waals surface area contributed by atoms with Gasteiger partial charge >= 0.3 is 0 Å². The van der Waals surface area contributed by atoms with Crippen molar-refractivity contribution in [1.82, 2.24) is 20.4 Å². The normalized spacial score (nSPS) is 29.8. The Balaban J connectivity index is 1.04. The maximum atomic E-state index is 15.6. The Labute approximate surface area is 210 Å². The zero-order valence-electron chi connectivity index (χ0n) is 20.5. The van der Waals surface area contributed by atoms with Crippen molar-refractivity contribution in [2.24, 2.45) is 0 Å². The first kappa shape index (κ1) is 23.8. The number of carbonyl (C=O) groups is 3. The molecule has 2 N–H and O–H groups in total. The second kappa shape index (κ2) is 9.72. The number of ether oxygens (including phenoxy) is 1. The van der Waals surface area contributed by atoms with Crippen LogP contribution in [0.3, 0.4) is 0 Å². The number of rotatable bonds is 5. The largest absolute Gasteiger partial charge is 0.375 e. The number of anilines is 1. The molecule has 1 aliphatic carbocycles. The molecule has 10 heteroatoms. The number of hydrogen-bond acceptors (Lipinski definition) is 7. The van der Waals surface area contributed by atoms with E-state index in [1.807, 2.05) is 0 Å². The molecule has 4 fully saturated rings. The topological polar surface area (TPSA) is 94.2 Å². The SMILES string of the molecule is O=C1CCC(N2Cc3c(ccc(N4CCN(C5CC(OC6CCNCC6)C5)CC4)c3F)C2=O)C(=O)N1. The van der Waals surface area contributed by atoms with E-state index in [-0.39, 0.29) is 37.0 Å². The molecule has 1 aromatic carbocycles. The summed E-state index contributed by atoms with van der Waals surface area (Å²) in [6.07, 6.45) is 5.58. The number of hydrogen-bond donors (Lipinski definition) is 2. The third-order valence-electron chi connectivity index (χ3n) is 8.54. The van der Waals surface area contributed by atoms with Crippen LogP contribution in [0, 0.1) is 5.82 Å². The molecule has 4 heterocycles. The second-order valence-corrected chi connectivity index (χ2v) is 10.7. The van der Waals surface area contributed by atoms with Crippen LogP contribution in [-0.2, 0) is 20.9 Å². The van der Waals surface area contributed by atoms with Crippen LogP contribution >= 0.6 is 0 Å². The average Bonchev–Trinajstić information content (AvgIpc) is 3.19. The number of benzene rings is 1. The van der Waals surface area contributed by atoms with E-state index in [2.05, 4.69) is 20.4 Å². The molecule has 1 unspecified atom stereocenters. The van der Waals surface area contributed by atoms with Crippen molar-refractivity contribution in [3.63, 3.8) is 0 Å². The molecule has 3 amide bonds. The second-order valence-electron chi connectivity index (χ2n) is 10.7. The lowest BCUT2D eigenvalue weighted by Gasteiger charge is -2.47.